The van der Waals surface area contributed by atoms with E-state index in [1.54, 1.807) is 12.4 Å². The Morgan fingerprint density at radius 2 is 1.85 bits per heavy atom. The van der Waals surface area contributed by atoms with Crippen LogP contribution in [0.2, 0.25) is 0 Å². The van der Waals surface area contributed by atoms with Crippen molar-refractivity contribution >= 4 is 22.6 Å². The Hall–Kier alpha value is -4.11. The van der Waals surface area contributed by atoms with Crippen molar-refractivity contribution in [2.75, 3.05) is 0 Å². The predicted molar refractivity (Wildman–Crippen MR) is 149 cm³/mol. The van der Waals surface area contributed by atoms with E-state index in [0.717, 1.165) is 39.0 Å². The molecule has 0 spiro atoms. The molecule has 1 saturated carbocycles. The maximum Gasteiger partial charge on any atom is 0.306 e. The third-order valence-electron chi connectivity index (χ3n) is 7.85. The van der Waals surface area contributed by atoms with Crippen LogP contribution in [0.3, 0.4) is 0 Å². The molecule has 0 radical (unpaired) electrons. The van der Waals surface area contributed by atoms with Crippen molar-refractivity contribution in [3.8, 4) is 11.3 Å². The number of aromatic nitrogens is 3. The second-order valence-corrected chi connectivity index (χ2v) is 10.8. The number of nitrogens with zero attached hydrogens (tertiary/aromatic N) is 2. The molecule has 0 amide bonds. The maximum atomic E-state index is 14.8. The van der Waals surface area contributed by atoms with Crippen LogP contribution in [0.15, 0.2) is 79.1 Å². The van der Waals surface area contributed by atoms with E-state index < -0.39 is 17.8 Å². The molecule has 2 aromatic heterocycles. The number of nitrogens with one attached hydrogen (secondary N) is 3. The molecule has 3 N–H and O–H groups in total. The first kappa shape index (κ1) is 26.1. The predicted octanol–water partition coefficient (Wildman–Crippen LogP) is 6.02. The number of fused-ring (bicyclic) bond motifs is 1. The fraction of sp³-hybridized carbons (Fsp3) is 0.323. The van der Waals surface area contributed by atoms with Crippen LogP contribution in [0.4, 0.5) is 8.78 Å². The highest BCUT2D eigenvalue weighted by atomic mass is 19.3. The number of rotatable bonds is 7. The summed E-state index contributed by atoms with van der Waals surface area (Å²) in [4.78, 5) is 16.5. The molecule has 3 heterocycles. The van der Waals surface area contributed by atoms with E-state index in [1.807, 2.05) is 54.6 Å². The molecule has 7 nitrogen and oxygen atoms in total. The largest absolute Gasteiger partial charge is 0.461 e. The molecule has 0 saturated heterocycles. The second-order valence-electron chi connectivity index (χ2n) is 10.8. The minimum absolute atomic E-state index is 0.00465. The standard InChI is InChI=1S/C31H31F2N5O2/c32-31(33)17-21(15-29(39)40-19-20-4-2-1-3-5-20)14-24(18-31)27-9-8-26(35-36-27)23-6-7-28-25(16-23)30(38-37-28)22-10-12-34-13-11-22/h1-8,10-13,16,21,24,27,35-36H,9,14-15,17-19H2,(H,37,38)/t21?,24-,27?/m0/s1. The molecule has 1 aliphatic heterocycles. The smallest absolute Gasteiger partial charge is 0.306 e. The molecule has 40 heavy (non-hydrogen) atoms. The van der Waals surface area contributed by atoms with Gasteiger partial charge in [-0.15, -0.1) is 0 Å². The third kappa shape index (κ3) is 5.89. The van der Waals surface area contributed by atoms with E-state index in [2.05, 4.69) is 38.2 Å². The fourth-order valence-corrected chi connectivity index (χ4v) is 5.92. The lowest BCUT2D eigenvalue weighted by molar-refractivity contribution is -0.148. The van der Waals surface area contributed by atoms with Gasteiger partial charge >= 0.3 is 5.97 Å². The number of esters is 1. The number of aromatic amines is 1. The average molecular weight is 544 g/mol. The number of hydrogen-bond donors (Lipinski definition) is 3. The molecular weight excluding hydrogens is 512 g/mol. The molecule has 3 atom stereocenters. The van der Waals surface area contributed by atoms with Crippen molar-refractivity contribution < 1.29 is 18.3 Å². The number of carbonyl (C=O) groups excluding carboxylic acids is 1. The number of carbonyl (C=O) groups is 1. The topological polar surface area (TPSA) is 91.9 Å². The van der Waals surface area contributed by atoms with Crippen LogP contribution in [0.1, 0.15) is 43.2 Å². The van der Waals surface area contributed by atoms with Gasteiger partial charge in [-0.25, -0.2) is 14.2 Å². The van der Waals surface area contributed by atoms with Gasteiger partial charge < -0.3 is 10.2 Å². The van der Waals surface area contributed by atoms with Gasteiger partial charge in [0.25, 0.3) is 0 Å². The van der Waals surface area contributed by atoms with E-state index in [9.17, 15) is 13.6 Å². The second kappa shape index (κ2) is 11.2. The Morgan fingerprint density at radius 3 is 2.62 bits per heavy atom. The first-order chi connectivity index (χ1) is 19.4. The van der Waals surface area contributed by atoms with Crippen LogP contribution >= 0.6 is 0 Å². The summed E-state index contributed by atoms with van der Waals surface area (Å²) in [7, 11) is 0. The molecule has 2 aromatic carbocycles. The summed E-state index contributed by atoms with van der Waals surface area (Å²) in [6, 6.07) is 19.1. The monoisotopic (exact) mass is 543 g/mol. The highest BCUT2D eigenvalue weighted by Gasteiger charge is 2.44. The highest BCUT2D eigenvalue weighted by molar-refractivity contribution is 5.94. The molecule has 9 heteroatoms. The lowest BCUT2D eigenvalue weighted by atomic mass is 9.74. The molecule has 4 aromatic rings. The minimum Gasteiger partial charge on any atom is -0.461 e. The number of benzene rings is 2. The van der Waals surface area contributed by atoms with Crippen LogP contribution in [0.5, 0.6) is 0 Å². The Balaban J connectivity index is 1.11. The van der Waals surface area contributed by atoms with E-state index in [4.69, 9.17) is 4.74 Å². The van der Waals surface area contributed by atoms with Crippen LogP contribution < -0.4 is 10.9 Å². The van der Waals surface area contributed by atoms with Gasteiger partial charge in [-0.2, -0.15) is 5.10 Å². The third-order valence-corrected chi connectivity index (χ3v) is 7.85. The molecular formula is C31H31F2N5O2. The van der Waals surface area contributed by atoms with E-state index in [1.165, 1.54) is 0 Å². The SMILES string of the molecule is O=C(CC1C[C@H](C2CC=C(c3ccc4[nH]nc(-c5ccncc5)c4c3)NN2)CC(F)(F)C1)OCc1ccccc1. The van der Waals surface area contributed by atoms with Crippen molar-refractivity contribution in [2.24, 2.45) is 11.8 Å². The average Bonchev–Trinajstić information content (AvgIpc) is 3.40. The van der Waals surface area contributed by atoms with Crippen LogP contribution in [0.25, 0.3) is 27.9 Å². The summed E-state index contributed by atoms with van der Waals surface area (Å²) in [6.45, 7) is 0.155. The van der Waals surface area contributed by atoms with Crippen molar-refractivity contribution in [3.05, 3.63) is 90.3 Å². The van der Waals surface area contributed by atoms with Gasteiger partial charge in [0.15, 0.2) is 0 Å². The minimum atomic E-state index is -2.81. The van der Waals surface area contributed by atoms with Crippen molar-refractivity contribution in [1.82, 2.24) is 26.0 Å². The number of halogens is 2. The zero-order valence-electron chi connectivity index (χ0n) is 21.9. The van der Waals surface area contributed by atoms with E-state index in [-0.39, 0.29) is 37.8 Å². The van der Waals surface area contributed by atoms with Crippen molar-refractivity contribution in [1.29, 1.82) is 0 Å². The molecule has 2 aliphatic rings. The van der Waals surface area contributed by atoms with Gasteiger partial charge in [-0.05, 0) is 60.1 Å². The van der Waals surface area contributed by atoms with Crippen LogP contribution in [-0.2, 0) is 16.1 Å². The van der Waals surface area contributed by atoms with E-state index >= 15 is 0 Å². The van der Waals surface area contributed by atoms with Gasteiger partial charge in [0.1, 0.15) is 12.3 Å². The van der Waals surface area contributed by atoms with Crippen LogP contribution in [0, 0.1) is 11.8 Å². The molecule has 1 fully saturated rings. The number of pyridine rings is 1. The Kier molecular flexibility index (Phi) is 7.30. The summed E-state index contributed by atoms with van der Waals surface area (Å²) in [5, 5.41) is 8.55. The number of hydrazine groups is 1. The van der Waals surface area contributed by atoms with Gasteiger partial charge in [0.05, 0.1) is 11.2 Å². The zero-order valence-corrected chi connectivity index (χ0v) is 21.9. The summed E-state index contributed by atoms with van der Waals surface area (Å²) in [6.07, 6.45) is 6.22. The summed E-state index contributed by atoms with van der Waals surface area (Å²) >= 11 is 0. The lowest BCUT2D eigenvalue weighted by Gasteiger charge is -2.40. The molecule has 6 rings (SSSR count). The number of hydrogen-bond acceptors (Lipinski definition) is 6. The number of H-pyrrole nitrogens is 1. The summed E-state index contributed by atoms with van der Waals surface area (Å²) in [5.74, 6) is -3.92. The number of alkyl halides is 2. The lowest BCUT2D eigenvalue weighted by Crippen LogP contribution is -2.50. The first-order valence-electron chi connectivity index (χ1n) is 13.6. The molecule has 2 unspecified atom stereocenters. The Morgan fingerprint density at radius 1 is 1.02 bits per heavy atom. The van der Waals surface area contributed by atoms with Gasteiger partial charge in [0, 0.05) is 48.6 Å². The van der Waals surface area contributed by atoms with Crippen molar-refractivity contribution in [3.63, 3.8) is 0 Å². The van der Waals surface area contributed by atoms with Crippen LogP contribution in [-0.4, -0.2) is 33.1 Å². The summed E-state index contributed by atoms with van der Waals surface area (Å²) in [5.41, 5.74) is 12.0. The van der Waals surface area contributed by atoms with Gasteiger partial charge in [0.2, 0.25) is 5.92 Å². The fourth-order valence-electron chi connectivity index (χ4n) is 5.92. The quantitative estimate of drug-likeness (QED) is 0.247. The normalized spacial score (nSPS) is 22.4. The Bertz CT molecular complexity index is 1510. The summed E-state index contributed by atoms with van der Waals surface area (Å²) < 4.78 is 34.9. The maximum absolute atomic E-state index is 14.8. The van der Waals surface area contributed by atoms with Gasteiger partial charge in [-0.3, -0.25) is 14.9 Å². The first-order valence-corrected chi connectivity index (χ1v) is 13.6. The van der Waals surface area contributed by atoms with Gasteiger partial charge in [-0.1, -0.05) is 42.5 Å². The number of ether oxygens (including phenoxy) is 1. The molecule has 0 bridgehead atoms. The molecule has 206 valence electrons. The zero-order chi connectivity index (χ0) is 27.5. The van der Waals surface area contributed by atoms with E-state index in [0.29, 0.717) is 12.8 Å². The Labute approximate surface area is 231 Å². The highest BCUT2D eigenvalue weighted by Crippen LogP contribution is 2.43. The molecule has 1 aliphatic carbocycles. The van der Waals surface area contributed by atoms with Crippen molar-refractivity contribution in [2.45, 2.75) is 50.7 Å².